The summed E-state index contributed by atoms with van der Waals surface area (Å²) >= 11 is 0.965. The fourth-order valence-electron chi connectivity index (χ4n) is 2.26. The molecule has 0 saturated carbocycles. The molecule has 0 fully saturated rings. The molecule has 0 saturated heterocycles. The number of nitrogens with zero attached hydrogens (tertiary/aromatic N) is 1. The van der Waals surface area contributed by atoms with Crippen molar-refractivity contribution in [3.8, 4) is 5.75 Å². The van der Waals surface area contributed by atoms with Crippen molar-refractivity contribution in [2.45, 2.75) is 19.4 Å². The van der Waals surface area contributed by atoms with Gasteiger partial charge in [-0.1, -0.05) is 23.5 Å². The van der Waals surface area contributed by atoms with E-state index < -0.39 is 23.4 Å². The number of esters is 1. The normalized spacial score (nSPS) is 18.6. The molecule has 8 nitrogen and oxygen atoms in total. The monoisotopic (exact) mass is 361 g/mol. The molecular formula is C16H15N3O5S. The summed E-state index contributed by atoms with van der Waals surface area (Å²) < 4.78 is 10.3. The minimum Gasteiger partial charge on any atom is -0.466 e. The average Bonchev–Trinajstić information content (AvgIpc) is 2.95. The fraction of sp³-hybridized carbons (Fsp3) is 0.250. The van der Waals surface area contributed by atoms with E-state index in [1.807, 2.05) is 0 Å². The summed E-state index contributed by atoms with van der Waals surface area (Å²) in [7, 11) is 1.26. The number of methoxy groups -OCH3 is 1. The van der Waals surface area contributed by atoms with Gasteiger partial charge in [0, 0.05) is 0 Å². The largest absolute Gasteiger partial charge is 0.466 e. The smallest absolute Gasteiger partial charge is 0.350 e. The summed E-state index contributed by atoms with van der Waals surface area (Å²) in [5, 5.41) is 5.35. The number of aromatic nitrogens is 1. The Kier molecular flexibility index (Phi) is 4.17. The Morgan fingerprint density at radius 3 is 2.80 bits per heavy atom. The highest BCUT2D eigenvalue weighted by Crippen LogP contribution is 2.34. The highest BCUT2D eigenvalue weighted by atomic mass is 32.1. The third-order valence-corrected chi connectivity index (χ3v) is 4.76. The molecule has 2 N–H and O–H groups in total. The number of aryl methyl sites for hydroxylation is 1. The minimum absolute atomic E-state index is 0.180. The summed E-state index contributed by atoms with van der Waals surface area (Å²) in [6.45, 7) is 3.00. The number of carbonyl (C=O) groups is 3. The summed E-state index contributed by atoms with van der Waals surface area (Å²) in [5.41, 5.74) is -0.841. The van der Waals surface area contributed by atoms with Crippen LogP contribution in [0.2, 0.25) is 0 Å². The first kappa shape index (κ1) is 16.9. The van der Waals surface area contributed by atoms with Crippen molar-refractivity contribution in [3.05, 3.63) is 34.8 Å². The number of benzene rings is 1. The molecule has 0 radical (unpaired) electrons. The van der Waals surface area contributed by atoms with Gasteiger partial charge in [-0.3, -0.25) is 14.9 Å². The predicted octanol–water partition coefficient (Wildman–Crippen LogP) is 1.97. The Labute approximate surface area is 147 Å². The second kappa shape index (κ2) is 6.17. The van der Waals surface area contributed by atoms with Crippen molar-refractivity contribution in [2.75, 3.05) is 17.7 Å². The number of nitrogens with one attached hydrogen (secondary N) is 2. The number of anilines is 2. The highest BCUT2D eigenvalue weighted by Gasteiger charge is 2.47. The van der Waals surface area contributed by atoms with Crippen LogP contribution < -0.4 is 15.4 Å². The Balaban J connectivity index is 1.84. The van der Waals surface area contributed by atoms with Gasteiger partial charge >= 0.3 is 5.97 Å². The molecule has 2 aromatic rings. The van der Waals surface area contributed by atoms with Crippen LogP contribution in [0, 0.1) is 6.92 Å². The molecule has 25 heavy (non-hydrogen) atoms. The van der Waals surface area contributed by atoms with Gasteiger partial charge in [-0.05, 0) is 26.0 Å². The van der Waals surface area contributed by atoms with Crippen LogP contribution >= 0.6 is 11.3 Å². The molecule has 0 spiro atoms. The van der Waals surface area contributed by atoms with Crippen LogP contribution in [-0.4, -0.2) is 35.5 Å². The van der Waals surface area contributed by atoms with Gasteiger partial charge in [0.05, 0.1) is 18.5 Å². The van der Waals surface area contributed by atoms with Gasteiger partial charge in [-0.25, -0.2) is 9.78 Å². The molecule has 2 amide bonds. The molecular weight excluding hydrogens is 346 g/mol. The van der Waals surface area contributed by atoms with Crippen molar-refractivity contribution in [3.63, 3.8) is 0 Å². The maximum absolute atomic E-state index is 12.6. The van der Waals surface area contributed by atoms with E-state index in [9.17, 15) is 14.4 Å². The van der Waals surface area contributed by atoms with Gasteiger partial charge in [0.1, 0.15) is 10.6 Å². The van der Waals surface area contributed by atoms with Crippen LogP contribution in [0.3, 0.4) is 0 Å². The molecule has 1 aromatic heterocycles. The van der Waals surface area contributed by atoms with Crippen LogP contribution in [0.4, 0.5) is 10.8 Å². The lowest BCUT2D eigenvalue weighted by atomic mass is 10.0. The van der Waals surface area contributed by atoms with E-state index in [0.29, 0.717) is 17.1 Å². The van der Waals surface area contributed by atoms with Crippen molar-refractivity contribution >= 4 is 39.9 Å². The molecule has 0 aliphatic carbocycles. The van der Waals surface area contributed by atoms with Crippen molar-refractivity contribution in [1.82, 2.24) is 4.98 Å². The Morgan fingerprint density at radius 1 is 1.36 bits per heavy atom. The fourth-order valence-corrected chi connectivity index (χ4v) is 3.14. The first-order valence-corrected chi connectivity index (χ1v) is 8.13. The zero-order valence-corrected chi connectivity index (χ0v) is 14.5. The third kappa shape index (κ3) is 2.93. The zero-order valence-electron chi connectivity index (χ0n) is 13.7. The lowest BCUT2D eigenvalue weighted by Crippen LogP contribution is -2.56. The van der Waals surface area contributed by atoms with Gasteiger partial charge in [0.25, 0.3) is 17.4 Å². The zero-order chi connectivity index (χ0) is 18.2. The number of ether oxygens (including phenoxy) is 2. The van der Waals surface area contributed by atoms with E-state index in [-0.39, 0.29) is 10.0 Å². The summed E-state index contributed by atoms with van der Waals surface area (Å²) in [6.07, 6.45) is 0. The number of thiazole rings is 1. The molecule has 130 valence electrons. The average molecular weight is 361 g/mol. The second-order valence-electron chi connectivity index (χ2n) is 5.46. The van der Waals surface area contributed by atoms with Crippen LogP contribution in [-0.2, 0) is 14.3 Å². The Morgan fingerprint density at radius 2 is 2.08 bits per heavy atom. The molecule has 0 bridgehead atoms. The van der Waals surface area contributed by atoms with Crippen LogP contribution in [0.1, 0.15) is 22.3 Å². The molecule has 1 aliphatic rings. The number of hydrogen-bond acceptors (Lipinski definition) is 7. The lowest BCUT2D eigenvalue weighted by molar-refractivity contribution is -0.143. The number of hydrogen-bond donors (Lipinski definition) is 2. The van der Waals surface area contributed by atoms with Crippen molar-refractivity contribution in [1.29, 1.82) is 0 Å². The quantitative estimate of drug-likeness (QED) is 0.639. The molecule has 3 rings (SSSR count). The lowest BCUT2D eigenvalue weighted by Gasteiger charge is -2.32. The summed E-state index contributed by atoms with van der Waals surface area (Å²) in [4.78, 5) is 41.0. The molecule has 1 aliphatic heterocycles. The van der Waals surface area contributed by atoms with Gasteiger partial charge in [-0.15, -0.1) is 0 Å². The van der Waals surface area contributed by atoms with Crippen molar-refractivity contribution < 1.29 is 23.9 Å². The molecule has 9 heteroatoms. The molecule has 1 aromatic carbocycles. The minimum atomic E-state index is -1.76. The van der Waals surface area contributed by atoms with Gasteiger partial charge in [0.15, 0.2) is 5.13 Å². The van der Waals surface area contributed by atoms with E-state index in [0.717, 1.165) is 11.3 Å². The van der Waals surface area contributed by atoms with Crippen LogP contribution in [0.25, 0.3) is 0 Å². The third-order valence-electron chi connectivity index (χ3n) is 3.70. The topological polar surface area (TPSA) is 107 Å². The Hall–Kier alpha value is -2.94. The molecule has 2 heterocycles. The summed E-state index contributed by atoms with van der Waals surface area (Å²) in [5.74, 6) is -1.43. The van der Waals surface area contributed by atoms with E-state index >= 15 is 0 Å². The second-order valence-corrected chi connectivity index (χ2v) is 6.46. The maximum Gasteiger partial charge on any atom is 0.350 e. The van der Waals surface area contributed by atoms with E-state index in [1.165, 1.54) is 14.0 Å². The van der Waals surface area contributed by atoms with Gasteiger partial charge in [-0.2, -0.15) is 0 Å². The van der Waals surface area contributed by atoms with E-state index in [2.05, 4.69) is 20.4 Å². The number of carbonyl (C=O) groups excluding carboxylic acids is 3. The van der Waals surface area contributed by atoms with Crippen LogP contribution in [0.5, 0.6) is 5.75 Å². The highest BCUT2D eigenvalue weighted by molar-refractivity contribution is 7.17. The molecule has 0 unspecified atom stereocenters. The summed E-state index contributed by atoms with van der Waals surface area (Å²) in [6, 6.07) is 6.82. The standard InChI is InChI=1S/C16H15N3O5S/c1-8-11(12(20)23-3)25-15(17-8)19-14(22)16(2)13(21)18-9-6-4-5-7-10(9)24-16/h4-7H,1-3H3,(H,18,21)(H,17,19,22)/t16-/m0/s1. The van der Waals surface area contributed by atoms with Gasteiger partial charge in [0.2, 0.25) is 0 Å². The maximum atomic E-state index is 12.6. The number of rotatable bonds is 3. The number of para-hydroxylation sites is 2. The van der Waals surface area contributed by atoms with Crippen molar-refractivity contribution in [2.24, 2.45) is 0 Å². The first-order chi connectivity index (χ1) is 11.8. The number of amides is 2. The predicted molar refractivity (Wildman–Crippen MR) is 90.9 cm³/mol. The van der Waals surface area contributed by atoms with E-state index in [4.69, 9.17) is 4.74 Å². The number of fused-ring (bicyclic) bond motifs is 1. The molecule has 1 atom stereocenters. The SMILES string of the molecule is COC(=O)c1sc(NC(=O)[C@@]2(C)Oc3ccccc3NC2=O)nc1C. The first-order valence-electron chi connectivity index (χ1n) is 7.32. The van der Waals surface area contributed by atoms with Gasteiger partial charge < -0.3 is 14.8 Å². The van der Waals surface area contributed by atoms with E-state index in [1.54, 1.807) is 31.2 Å². The van der Waals surface area contributed by atoms with Crippen LogP contribution in [0.15, 0.2) is 24.3 Å². The Bertz CT molecular complexity index is 878.